The van der Waals surface area contributed by atoms with Gasteiger partial charge in [0.1, 0.15) is 15.6 Å². The molecule has 1 amide bonds. The van der Waals surface area contributed by atoms with Gasteiger partial charge in [-0.1, -0.05) is 6.07 Å². The summed E-state index contributed by atoms with van der Waals surface area (Å²) in [5, 5.41) is 2.94. The lowest BCUT2D eigenvalue weighted by molar-refractivity contribution is 0.0379. The summed E-state index contributed by atoms with van der Waals surface area (Å²) in [4.78, 5) is 37.5. The standard InChI is InChI=1S/C20H23NO6S/c1-6-26-14-9-7-8-13(10-14)17(22)21-18-15(19(23)27-11(2)3)12(4)16(28-18)20(24)25-5/h7-11H,6H2,1-5H3,(H,21,22). The zero-order valence-corrected chi connectivity index (χ0v) is 17.3. The summed E-state index contributed by atoms with van der Waals surface area (Å²) >= 11 is 0.973. The highest BCUT2D eigenvalue weighted by molar-refractivity contribution is 7.18. The van der Waals surface area contributed by atoms with Gasteiger partial charge in [0.15, 0.2) is 0 Å². The fourth-order valence-corrected chi connectivity index (χ4v) is 3.58. The van der Waals surface area contributed by atoms with E-state index in [1.54, 1.807) is 45.0 Å². The SMILES string of the molecule is CCOc1cccc(C(=O)Nc2sc(C(=O)OC)c(C)c2C(=O)OC(C)C)c1. The summed E-state index contributed by atoms with van der Waals surface area (Å²) in [7, 11) is 1.26. The molecule has 0 aliphatic carbocycles. The summed E-state index contributed by atoms with van der Waals surface area (Å²) in [6, 6.07) is 6.68. The molecule has 0 saturated heterocycles. The van der Waals surface area contributed by atoms with Crippen LogP contribution in [0.15, 0.2) is 24.3 Å². The Bertz CT molecular complexity index is 887. The monoisotopic (exact) mass is 405 g/mol. The Labute approximate surface area is 167 Å². The molecule has 0 spiro atoms. The molecule has 0 aliphatic rings. The van der Waals surface area contributed by atoms with Crippen molar-refractivity contribution in [2.75, 3.05) is 19.0 Å². The molecule has 0 unspecified atom stereocenters. The average molecular weight is 405 g/mol. The number of benzene rings is 1. The van der Waals surface area contributed by atoms with Crippen LogP contribution < -0.4 is 10.1 Å². The van der Waals surface area contributed by atoms with Gasteiger partial charge < -0.3 is 19.5 Å². The Balaban J connectivity index is 2.40. The molecule has 0 saturated carbocycles. The fraction of sp³-hybridized carbons (Fsp3) is 0.350. The van der Waals surface area contributed by atoms with E-state index >= 15 is 0 Å². The first kappa shape index (κ1) is 21.4. The topological polar surface area (TPSA) is 90.9 Å². The molecule has 2 aromatic rings. The van der Waals surface area contributed by atoms with Gasteiger partial charge in [0.25, 0.3) is 5.91 Å². The number of nitrogens with one attached hydrogen (secondary N) is 1. The maximum Gasteiger partial charge on any atom is 0.348 e. The highest BCUT2D eigenvalue weighted by Gasteiger charge is 2.28. The van der Waals surface area contributed by atoms with Crippen LogP contribution in [-0.2, 0) is 9.47 Å². The molecule has 0 fully saturated rings. The highest BCUT2D eigenvalue weighted by atomic mass is 32.1. The number of hydrogen-bond acceptors (Lipinski definition) is 7. The Morgan fingerprint density at radius 2 is 1.89 bits per heavy atom. The van der Waals surface area contributed by atoms with E-state index in [-0.39, 0.29) is 21.5 Å². The molecule has 1 N–H and O–H groups in total. The molecule has 150 valence electrons. The first-order chi connectivity index (χ1) is 13.3. The van der Waals surface area contributed by atoms with Gasteiger partial charge in [-0.3, -0.25) is 4.79 Å². The number of hydrogen-bond donors (Lipinski definition) is 1. The van der Waals surface area contributed by atoms with Gasteiger partial charge in [-0.05, 0) is 51.5 Å². The van der Waals surface area contributed by atoms with Crippen molar-refractivity contribution < 1.29 is 28.6 Å². The molecule has 0 radical (unpaired) electrons. The number of thiophene rings is 1. The van der Waals surface area contributed by atoms with Crippen molar-refractivity contribution in [2.45, 2.75) is 33.8 Å². The van der Waals surface area contributed by atoms with Crippen molar-refractivity contribution in [3.05, 3.63) is 45.8 Å². The van der Waals surface area contributed by atoms with E-state index < -0.39 is 17.8 Å². The molecule has 8 heteroatoms. The van der Waals surface area contributed by atoms with Crippen LogP contribution in [0.4, 0.5) is 5.00 Å². The zero-order valence-electron chi connectivity index (χ0n) is 16.5. The second-order valence-corrected chi connectivity index (χ2v) is 7.14. The first-order valence-corrected chi connectivity index (χ1v) is 9.57. The van der Waals surface area contributed by atoms with Crippen LogP contribution in [0.2, 0.25) is 0 Å². The van der Waals surface area contributed by atoms with E-state index in [1.807, 2.05) is 6.92 Å². The quantitative estimate of drug-likeness (QED) is 0.699. The summed E-state index contributed by atoms with van der Waals surface area (Å²) in [5.41, 5.74) is 0.911. The van der Waals surface area contributed by atoms with Crippen LogP contribution in [-0.4, -0.2) is 37.7 Å². The first-order valence-electron chi connectivity index (χ1n) is 8.75. The molecule has 1 heterocycles. The van der Waals surface area contributed by atoms with Gasteiger partial charge in [-0.25, -0.2) is 9.59 Å². The number of amides is 1. The average Bonchev–Trinajstić information content (AvgIpc) is 2.97. The van der Waals surface area contributed by atoms with E-state index in [1.165, 1.54) is 7.11 Å². The molecule has 2 rings (SSSR count). The van der Waals surface area contributed by atoms with Crippen LogP contribution >= 0.6 is 11.3 Å². The third kappa shape index (κ3) is 4.89. The van der Waals surface area contributed by atoms with Crippen molar-refractivity contribution in [3.63, 3.8) is 0 Å². The fourth-order valence-electron chi connectivity index (χ4n) is 2.48. The van der Waals surface area contributed by atoms with E-state index in [0.717, 1.165) is 11.3 Å². The Morgan fingerprint density at radius 3 is 2.50 bits per heavy atom. The van der Waals surface area contributed by atoms with Crippen LogP contribution in [0.1, 0.15) is 56.7 Å². The third-order valence-corrected chi connectivity index (χ3v) is 4.89. The highest BCUT2D eigenvalue weighted by Crippen LogP contribution is 2.35. The predicted octanol–water partition coefficient (Wildman–Crippen LogP) is 4.06. The van der Waals surface area contributed by atoms with Gasteiger partial charge in [0.05, 0.1) is 25.4 Å². The minimum atomic E-state index is -0.614. The number of rotatable bonds is 7. The minimum Gasteiger partial charge on any atom is -0.494 e. The number of ether oxygens (including phenoxy) is 3. The predicted molar refractivity (Wildman–Crippen MR) is 107 cm³/mol. The summed E-state index contributed by atoms with van der Waals surface area (Å²) in [6.07, 6.45) is -0.347. The Kier molecular flexibility index (Phi) is 7.17. The van der Waals surface area contributed by atoms with E-state index in [9.17, 15) is 14.4 Å². The number of methoxy groups -OCH3 is 1. The van der Waals surface area contributed by atoms with Crippen molar-refractivity contribution in [3.8, 4) is 5.75 Å². The second-order valence-electron chi connectivity index (χ2n) is 6.12. The van der Waals surface area contributed by atoms with Crippen LogP contribution in [0.5, 0.6) is 5.75 Å². The lowest BCUT2D eigenvalue weighted by Crippen LogP contribution is -2.17. The smallest absolute Gasteiger partial charge is 0.348 e. The van der Waals surface area contributed by atoms with Crippen molar-refractivity contribution in [1.82, 2.24) is 0 Å². The lowest BCUT2D eigenvalue weighted by Gasteiger charge is -2.11. The lowest BCUT2D eigenvalue weighted by atomic mass is 10.1. The second kappa shape index (κ2) is 9.36. The van der Waals surface area contributed by atoms with Crippen molar-refractivity contribution in [1.29, 1.82) is 0 Å². The molecule has 0 bridgehead atoms. The summed E-state index contributed by atoms with van der Waals surface area (Å²) < 4.78 is 15.4. The number of carbonyl (C=O) groups is 3. The molecular weight excluding hydrogens is 382 g/mol. The Morgan fingerprint density at radius 1 is 1.18 bits per heavy atom. The van der Waals surface area contributed by atoms with E-state index in [0.29, 0.717) is 23.5 Å². The minimum absolute atomic E-state index is 0.147. The van der Waals surface area contributed by atoms with Gasteiger partial charge in [0, 0.05) is 5.56 Å². The largest absolute Gasteiger partial charge is 0.494 e. The maximum absolute atomic E-state index is 12.7. The molecule has 0 atom stereocenters. The van der Waals surface area contributed by atoms with E-state index in [4.69, 9.17) is 14.2 Å². The van der Waals surface area contributed by atoms with E-state index in [2.05, 4.69) is 5.32 Å². The molecule has 1 aromatic heterocycles. The number of esters is 2. The van der Waals surface area contributed by atoms with Gasteiger partial charge in [-0.15, -0.1) is 11.3 Å². The van der Waals surface area contributed by atoms with Crippen LogP contribution in [0.25, 0.3) is 0 Å². The maximum atomic E-state index is 12.7. The third-order valence-electron chi connectivity index (χ3n) is 3.70. The number of anilines is 1. The zero-order chi connectivity index (χ0) is 20.8. The number of carbonyl (C=O) groups excluding carboxylic acids is 3. The molecule has 0 aliphatic heterocycles. The summed E-state index contributed by atoms with van der Waals surface area (Å²) in [6.45, 7) is 7.38. The van der Waals surface area contributed by atoms with Crippen molar-refractivity contribution >= 4 is 34.2 Å². The molecule has 28 heavy (non-hydrogen) atoms. The van der Waals surface area contributed by atoms with Gasteiger partial charge >= 0.3 is 11.9 Å². The van der Waals surface area contributed by atoms with Crippen LogP contribution in [0.3, 0.4) is 0 Å². The van der Waals surface area contributed by atoms with Crippen molar-refractivity contribution in [2.24, 2.45) is 0 Å². The normalized spacial score (nSPS) is 10.5. The Hall–Kier alpha value is -2.87. The van der Waals surface area contributed by atoms with Gasteiger partial charge in [0.2, 0.25) is 0 Å². The molecule has 7 nitrogen and oxygen atoms in total. The molecular formula is C20H23NO6S. The van der Waals surface area contributed by atoms with Crippen LogP contribution in [0, 0.1) is 6.92 Å². The molecule has 1 aromatic carbocycles. The summed E-state index contributed by atoms with van der Waals surface area (Å²) in [5.74, 6) is -1.07. The van der Waals surface area contributed by atoms with Gasteiger partial charge in [-0.2, -0.15) is 0 Å².